The van der Waals surface area contributed by atoms with Gasteiger partial charge < -0.3 is 9.64 Å². The van der Waals surface area contributed by atoms with E-state index in [4.69, 9.17) is 4.74 Å². The van der Waals surface area contributed by atoms with E-state index in [0.717, 1.165) is 11.1 Å². The number of nitrogens with zero attached hydrogens (tertiary/aromatic N) is 2. The minimum atomic E-state index is -1.08. The summed E-state index contributed by atoms with van der Waals surface area (Å²) < 4.78 is 5.28. The number of ether oxygens (including phenoxy) is 1. The summed E-state index contributed by atoms with van der Waals surface area (Å²) in [5.41, 5.74) is 1.92. The number of hydrogen-bond acceptors (Lipinski definition) is 5. The lowest BCUT2D eigenvalue weighted by atomic mass is 9.61. The largest absolute Gasteiger partial charge is 0.497 e. The Balaban J connectivity index is 1.69. The molecule has 3 fully saturated rings. The van der Waals surface area contributed by atoms with E-state index in [2.05, 4.69) is 0 Å². The lowest BCUT2D eigenvalue weighted by molar-refractivity contribution is -0.541. The summed E-state index contributed by atoms with van der Waals surface area (Å²) >= 11 is 0. The summed E-state index contributed by atoms with van der Waals surface area (Å²) in [6.45, 7) is 0. The minimum Gasteiger partial charge on any atom is -0.497 e. The van der Waals surface area contributed by atoms with Crippen LogP contribution in [-0.4, -0.2) is 40.7 Å². The van der Waals surface area contributed by atoms with Gasteiger partial charge in [-0.3, -0.25) is 19.7 Å². The molecule has 3 aliphatic rings. The smallest absolute Gasteiger partial charge is 0.255 e. The summed E-state index contributed by atoms with van der Waals surface area (Å²) in [6, 6.07) is 22.8. The normalized spacial score (nSPS) is 25.7. The van der Waals surface area contributed by atoms with Crippen LogP contribution in [0.2, 0.25) is 0 Å². The van der Waals surface area contributed by atoms with E-state index in [1.807, 2.05) is 60.7 Å². The van der Waals surface area contributed by atoms with Crippen LogP contribution in [-0.2, 0) is 4.79 Å². The summed E-state index contributed by atoms with van der Waals surface area (Å²) in [5, 5.41) is 12.4. The molecule has 0 radical (unpaired) electrons. The van der Waals surface area contributed by atoms with Gasteiger partial charge in [-0.25, -0.2) is 0 Å². The van der Waals surface area contributed by atoms with Gasteiger partial charge >= 0.3 is 0 Å². The molecule has 2 bridgehead atoms. The average molecular weight is 456 g/mol. The lowest BCUT2D eigenvalue weighted by Crippen LogP contribution is -2.67. The molecule has 34 heavy (non-hydrogen) atoms. The topological polar surface area (TPSA) is 89.8 Å². The van der Waals surface area contributed by atoms with E-state index in [1.165, 1.54) is 7.11 Å². The van der Waals surface area contributed by atoms with E-state index < -0.39 is 30.0 Å². The first-order chi connectivity index (χ1) is 16.5. The summed E-state index contributed by atoms with van der Waals surface area (Å²) in [5.74, 6) is -1.20. The third kappa shape index (κ3) is 3.53. The molecule has 3 aromatic rings. The Morgan fingerprint density at radius 1 is 0.941 bits per heavy atom. The van der Waals surface area contributed by atoms with Gasteiger partial charge in [-0.1, -0.05) is 66.7 Å². The molecule has 6 rings (SSSR count). The van der Waals surface area contributed by atoms with Crippen LogP contribution in [0, 0.1) is 16.0 Å². The quantitative estimate of drug-likeness (QED) is 0.422. The molecule has 5 atom stereocenters. The van der Waals surface area contributed by atoms with Crippen molar-refractivity contribution in [3.8, 4) is 5.75 Å². The molecule has 0 spiro atoms. The molecule has 0 aromatic heterocycles. The third-order valence-corrected chi connectivity index (χ3v) is 7.05. The zero-order valence-electron chi connectivity index (χ0n) is 18.6. The van der Waals surface area contributed by atoms with E-state index in [1.54, 1.807) is 29.2 Å². The Morgan fingerprint density at radius 3 is 2.21 bits per heavy atom. The fraction of sp³-hybridized carbons (Fsp3) is 0.259. The van der Waals surface area contributed by atoms with Gasteiger partial charge in [0.2, 0.25) is 6.04 Å². The predicted molar refractivity (Wildman–Crippen MR) is 125 cm³/mol. The second-order valence-electron chi connectivity index (χ2n) is 8.78. The van der Waals surface area contributed by atoms with Crippen LogP contribution < -0.4 is 4.74 Å². The number of methoxy groups -OCH3 is 1. The number of Topliss-reactive ketones (excluding diaryl/α,β-unsaturated/α-hetero) is 1. The molecule has 2 aliphatic heterocycles. The van der Waals surface area contributed by atoms with Crippen LogP contribution in [0.4, 0.5) is 0 Å². The van der Waals surface area contributed by atoms with Gasteiger partial charge in [0, 0.05) is 16.9 Å². The Bertz CT molecular complexity index is 1230. The molecule has 172 valence electrons. The first-order valence-corrected chi connectivity index (χ1v) is 11.2. The summed E-state index contributed by atoms with van der Waals surface area (Å²) in [6.07, 6.45) is -0.0291. The Labute approximate surface area is 197 Å². The van der Waals surface area contributed by atoms with Gasteiger partial charge in [0.1, 0.15) is 17.6 Å². The second-order valence-corrected chi connectivity index (χ2v) is 8.78. The van der Waals surface area contributed by atoms with Gasteiger partial charge in [-0.2, -0.15) is 0 Å². The van der Waals surface area contributed by atoms with Crippen molar-refractivity contribution >= 4 is 11.7 Å². The van der Waals surface area contributed by atoms with Gasteiger partial charge in [0.25, 0.3) is 5.91 Å². The number of rotatable bonds is 5. The van der Waals surface area contributed by atoms with Gasteiger partial charge in [-0.15, -0.1) is 0 Å². The maximum absolute atomic E-state index is 13.9. The SMILES string of the molecule is COc1cccc(C(=O)N2C3CC(=O)C(C(c4ccccc4)C3[N+](=O)[O-])C2c2ccccc2)c1. The third-order valence-electron chi connectivity index (χ3n) is 7.05. The second kappa shape index (κ2) is 8.74. The number of hydrogen-bond donors (Lipinski definition) is 0. The lowest BCUT2D eigenvalue weighted by Gasteiger charge is -2.54. The van der Waals surface area contributed by atoms with Crippen LogP contribution in [0.3, 0.4) is 0 Å². The fourth-order valence-electron chi connectivity index (χ4n) is 5.68. The van der Waals surface area contributed by atoms with Crippen molar-refractivity contribution in [3.05, 3.63) is 112 Å². The van der Waals surface area contributed by atoms with Crippen molar-refractivity contribution in [2.75, 3.05) is 7.11 Å². The van der Waals surface area contributed by atoms with Crippen LogP contribution in [0.5, 0.6) is 5.75 Å². The van der Waals surface area contributed by atoms with Crippen molar-refractivity contribution in [2.45, 2.75) is 30.5 Å². The molecule has 1 aliphatic carbocycles. The average Bonchev–Trinajstić information content (AvgIpc) is 2.88. The first kappa shape index (κ1) is 21.8. The molecular weight excluding hydrogens is 432 g/mol. The Kier molecular flexibility index (Phi) is 5.61. The Hall–Kier alpha value is -4.00. The van der Waals surface area contributed by atoms with E-state index in [-0.39, 0.29) is 23.0 Å². The molecule has 3 aromatic carbocycles. The molecule has 1 saturated carbocycles. The summed E-state index contributed by atoms with van der Waals surface area (Å²) in [4.78, 5) is 41.0. The van der Waals surface area contributed by atoms with Crippen molar-refractivity contribution in [1.29, 1.82) is 0 Å². The van der Waals surface area contributed by atoms with E-state index in [0.29, 0.717) is 11.3 Å². The monoisotopic (exact) mass is 456 g/mol. The zero-order valence-corrected chi connectivity index (χ0v) is 18.6. The van der Waals surface area contributed by atoms with Crippen LogP contribution in [0.1, 0.15) is 39.9 Å². The van der Waals surface area contributed by atoms with Crippen molar-refractivity contribution in [3.63, 3.8) is 0 Å². The Morgan fingerprint density at radius 2 is 1.59 bits per heavy atom. The number of carbonyl (C=O) groups excluding carboxylic acids is 2. The highest BCUT2D eigenvalue weighted by molar-refractivity contribution is 5.98. The zero-order chi connectivity index (χ0) is 23.8. The van der Waals surface area contributed by atoms with Gasteiger partial charge in [-0.05, 0) is 29.3 Å². The first-order valence-electron chi connectivity index (χ1n) is 11.2. The number of piperidine rings is 2. The van der Waals surface area contributed by atoms with Gasteiger partial charge in [0.05, 0.1) is 25.0 Å². The number of carbonyl (C=O) groups is 2. The highest BCUT2D eigenvalue weighted by atomic mass is 16.6. The number of fused-ring (bicyclic) bond motifs is 3. The highest BCUT2D eigenvalue weighted by Gasteiger charge is 2.63. The van der Waals surface area contributed by atoms with Crippen molar-refractivity contribution in [2.24, 2.45) is 5.92 Å². The molecule has 7 heteroatoms. The number of amides is 1. The van der Waals surface area contributed by atoms with E-state index in [9.17, 15) is 19.7 Å². The predicted octanol–water partition coefficient (Wildman–Crippen LogP) is 4.28. The van der Waals surface area contributed by atoms with Crippen LogP contribution in [0.15, 0.2) is 84.9 Å². The molecule has 1 amide bonds. The van der Waals surface area contributed by atoms with Gasteiger partial charge in [0.15, 0.2) is 0 Å². The highest BCUT2D eigenvalue weighted by Crippen LogP contribution is 2.53. The van der Waals surface area contributed by atoms with Crippen LogP contribution in [0.25, 0.3) is 0 Å². The molecule has 7 nitrogen and oxygen atoms in total. The van der Waals surface area contributed by atoms with E-state index >= 15 is 0 Å². The molecule has 5 unspecified atom stereocenters. The maximum atomic E-state index is 13.9. The molecule has 2 heterocycles. The molecular formula is C27H24N2O5. The standard InChI is InChI=1S/C27H24N2O5/c1-34-20-14-8-13-19(15-20)27(31)28-21-16-22(30)24(25(28)18-11-6-3-7-12-18)23(26(21)29(32)33)17-9-4-2-5-10-17/h2-15,21,23-26H,16H2,1H3. The minimum absolute atomic E-state index is 0.0291. The summed E-state index contributed by atoms with van der Waals surface area (Å²) in [7, 11) is 1.52. The molecule has 0 N–H and O–H groups in total. The maximum Gasteiger partial charge on any atom is 0.255 e. The molecule has 2 saturated heterocycles. The van der Waals surface area contributed by atoms with Crippen molar-refractivity contribution < 1.29 is 19.2 Å². The van der Waals surface area contributed by atoms with Crippen LogP contribution >= 0.6 is 0 Å². The number of benzene rings is 3. The van der Waals surface area contributed by atoms with Crippen molar-refractivity contribution in [1.82, 2.24) is 4.90 Å². The number of nitro groups is 1. The fourth-order valence-corrected chi connectivity index (χ4v) is 5.68. The number of ketones is 1.